The van der Waals surface area contributed by atoms with Crippen LogP contribution in [0.3, 0.4) is 0 Å². The molecule has 4 nitrogen and oxygen atoms in total. The second-order valence-electron chi connectivity index (χ2n) is 4.82. The van der Waals surface area contributed by atoms with E-state index in [4.69, 9.17) is 23.2 Å². The molecule has 2 aromatic rings. The van der Waals surface area contributed by atoms with Crippen molar-refractivity contribution in [2.75, 3.05) is 18.8 Å². The second kappa shape index (κ2) is 9.57. The quantitative estimate of drug-likeness (QED) is 0.567. The zero-order chi connectivity index (χ0) is 17.4. The second-order valence-corrected chi connectivity index (χ2v) is 6.81. The lowest BCUT2D eigenvalue weighted by Crippen LogP contribution is -2.37. The fourth-order valence-electron chi connectivity index (χ4n) is 1.84. The van der Waals surface area contributed by atoms with Crippen LogP contribution in [0.1, 0.15) is 10.4 Å². The molecule has 0 unspecified atom stereocenters. The Kier molecular flexibility index (Phi) is 7.43. The summed E-state index contributed by atoms with van der Waals surface area (Å²) in [7, 11) is 0. The molecule has 0 fully saturated rings. The van der Waals surface area contributed by atoms with E-state index in [0.717, 1.165) is 10.6 Å². The minimum Gasteiger partial charge on any atom is -0.354 e. The molecule has 0 bridgehead atoms. The van der Waals surface area contributed by atoms with Crippen molar-refractivity contribution in [3.05, 3.63) is 64.1 Å². The van der Waals surface area contributed by atoms with Gasteiger partial charge in [0.25, 0.3) is 5.91 Å². The van der Waals surface area contributed by atoms with Crippen molar-refractivity contribution in [2.45, 2.75) is 4.90 Å². The number of nitrogens with one attached hydrogen (secondary N) is 2. The third-order valence-corrected chi connectivity index (χ3v) is 4.78. The van der Waals surface area contributed by atoms with Crippen LogP contribution in [0.15, 0.2) is 53.4 Å². The van der Waals surface area contributed by atoms with Gasteiger partial charge in [-0.2, -0.15) is 0 Å². The summed E-state index contributed by atoms with van der Waals surface area (Å²) in [6.45, 7) is 0.441. The number of halogens is 2. The van der Waals surface area contributed by atoms with Crippen molar-refractivity contribution < 1.29 is 9.59 Å². The summed E-state index contributed by atoms with van der Waals surface area (Å²) in [6.07, 6.45) is 0. The van der Waals surface area contributed by atoms with Gasteiger partial charge in [-0.05, 0) is 30.3 Å². The molecule has 0 spiro atoms. The summed E-state index contributed by atoms with van der Waals surface area (Å²) >= 11 is 13.3. The van der Waals surface area contributed by atoms with Crippen LogP contribution in [-0.4, -0.2) is 30.7 Å². The largest absolute Gasteiger partial charge is 0.354 e. The van der Waals surface area contributed by atoms with E-state index >= 15 is 0 Å². The van der Waals surface area contributed by atoms with Gasteiger partial charge in [0.05, 0.1) is 16.6 Å². The number of amides is 2. The van der Waals surface area contributed by atoms with Crippen LogP contribution < -0.4 is 10.6 Å². The van der Waals surface area contributed by atoms with E-state index in [1.807, 2.05) is 30.3 Å². The van der Waals surface area contributed by atoms with Gasteiger partial charge >= 0.3 is 0 Å². The van der Waals surface area contributed by atoms with E-state index in [0.29, 0.717) is 22.2 Å². The van der Waals surface area contributed by atoms with E-state index in [1.54, 1.807) is 23.9 Å². The molecule has 0 saturated carbocycles. The highest BCUT2D eigenvalue weighted by Gasteiger charge is 2.09. The average molecular weight is 383 g/mol. The van der Waals surface area contributed by atoms with Gasteiger partial charge in [-0.1, -0.05) is 41.4 Å². The molecule has 0 aliphatic rings. The molecule has 7 heteroatoms. The highest BCUT2D eigenvalue weighted by molar-refractivity contribution is 7.99. The van der Waals surface area contributed by atoms with E-state index in [9.17, 15) is 9.59 Å². The van der Waals surface area contributed by atoms with Crippen molar-refractivity contribution in [2.24, 2.45) is 0 Å². The number of hydrogen-bond donors (Lipinski definition) is 2. The smallest absolute Gasteiger partial charge is 0.251 e. The zero-order valence-corrected chi connectivity index (χ0v) is 15.0. The van der Waals surface area contributed by atoms with Gasteiger partial charge < -0.3 is 10.6 Å². The van der Waals surface area contributed by atoms with Gasteiger partial charge in [0.15, 0.2) is 0 Å². The molecule has 0 radical (unpaired) electrons. The highest BCUT2D eigenvalue weighted by Crippen LogP contribution is 2.22. The SMILES string of the molecule is O=C(CNC(=O)c1ccc(Cl)c(Cl)c1)NCCSc1ccccc1. The number of benzene rings is 2. The van der Waals surface area contributed by atoms with Gasteiger partial charge in [0.2, 0.25) is 5.91 Å². The van der Waals surface area contributed by atoms with E-state index in [2.05, 4.69) is 10.6 Å². The molecule has 2 rings (SSSR count). The average Bonchev–Trinajstić information content (AvgIpc) is 2.60. The maximum Gasteiger partial charge on any atom is 0.251 e. The van der Waals surface area contributed by atoms with Crippen molar-refractivity contribution >= 4 is 46.8 Å². The first-order valence-electron chi connectivity index (χ1n) is 7.24. The minimum atomic E-state index is -0.373. The summed E-state index contributed by atoms with van der Waals surface area (Å²) in [5.41, 5.74) is 0.358. The Morgan fingerprint density at radius 1 is 0.958 bits per heavy atom. The van der Waals surface area contributed by atoms with Gasteiger partial charge in [-0.25, -0.2) is 0 Å². The molecule has 2 N–H and O–H groups in total. The Morgan fingerprint density at radius 3 is 2.42 bits per heavy atom. The molecule has 0 heterocycles. The van der Waals surface area contributed by atoms with Crippen molar-refractivity contribution in [1.82, 2.24) is 10.6 Å². The monoisotopic (exact) mass is 382 g/mol. The topological polar surface area (TPSA) is 58.2 Å². The number of carbonyl (C=O) groups excluding carboxylic acids is 2. The van der Waals surface area contributed by atoms with Gasteiger partial charge in [0, 0.05) is 22.8 Å². The lowest BCUT2D eigenvalue weighted by molar-refractivity contribution is -0.120. The van der Waals surface area contributed by atoms with Gasteiger partial charge in [0.1, 0.15) is 0 Å². The number of rotatable bonds is 7. The fourth-order valence-corrected chi connectivity index (χ4v) is 2.93. The predicted molar refractivity (Wildman–Crippen MR) is 99.0 cm³/mol. The van der Waals surface area contributed by atoms with Crippen LogP contribution in [0.2, 0.25) is 10.0 Å². The standard InChI is InChI=1S/C17H16Cl2N2O2S/c18-14-7-6-12(10-15(14)19)17(23)21-11-16(22)20-8-9-24-13-4-2-1-3-5-13/h1-7,10H,8-9,11H2,(H,20,22)(H,21,23). The molecule has 0 atom stereocenters. The molecule has 0 aliphatic heterocycles. The summed E-state index contributed by atoms with van der Waals surface area (Å²) in [4.78, 5) is 24.8. The van der Waals surface area contributed by atoms with E-state index in [1.165, 1.54) is 6.07 Å². The Hall–Kier alpha value is -1.69. The summed E-state index contributed by atoms with van der Waals surface area (Å²) in [6, 6.07) is 14.5. The van der Waals surface area contributed by atoms with Gasteiger partial charge in [-0.15, -0.1) is 11.8 Å². The Bertz CT molecular complexity index is 711. The molecule has 2 amide bonds. The zero-order valence-electron chi connectivity index (χ0n) is 12.7. The number of thioether (sulfide) groups is 1. The lowest BCUT2D eigenvalue weighted by atomic mass is 10.2. The summed E-state index contributed by atoms with van der Waals surface area (Å²) in [5.74, 6) is 0.149. The minimum absolute atomic E-state index is 0.0882. The van der Waals surface area contributed by atoms with E-state index in [-0.39, 0.29) is 18.4 Å². The van der Waals surface area contributed by atoms with Crippen LogP contribution in [0.5, 0.6) is 0 Å². The Labute approximate surface area is 154 Å². The highest BCUT2D eigenvalue weighted by atomic mass is 35.5. The normalized spacial score (nSPS) is 10.2. The Morgan fingerprint density at radius 2 is 1.71 bits per heavy atom. The van der Waals surface area contributed by atoms with Crippen molar-refractivity contribution in [3.63, 3.8) is 0 Å². The fraction of sp³-hybridized carbons (Fsp3) is 0.176. The molecular weight excluding hydrogens is 367 g/mol. The molecule has 0 aliphatic carbocycles. The van der Waals surface area contributed by atoms with Gasteiger partial charge in [-0.3, -0.25) is 9.59 Å². The predicted octanol–water partition coefficient (Wildman–Crippen LogP) is 3.63. The van der Waals surface area contributed by atoms with Crippen LogP contribution in [0.4, 0.5) is 0 Å². The van der Waals surface area contributed by atoms with Crippen LogP contribution >= 0.6 is 35.0 Å². The van der Waals surface area contributed by atoms with Crippen molar-refractivity contribution in [1.29, 1.82) is 0 Å². The molecule has 24 heavy (non-hydrogen) atoms. The molecule has 0 aromatic heterocycles. The lowest BCUT2D eigenvalue weighted by Gasteiger charge is -2.07. The van der Waals surface area contributed by atoms with Crippen LogP contribution in [-0.2, 0) is 4.79 Å². The third-order valence-electron chi connectivity index (χ3n) is 3.03. The molecular formula is C17H16Cl2N2O2S. The molecule has 0 saturated heterocycles. The molecule has 2 aromatic carbocycles. The first kappa shape index (κ1) is 18.6. The molecule has 126 valence electrons. The van der Waals surface area contributed by atoms with E-state index < -0.39 is 0 Å². The first-order valence-corrected chi connectivity index (χ1v) is 8.98. The van der Waals surface area contributed by atoms with Crippen LogP contribution in [0.25, 0.3) is 0 Å². The number of hydrogen-bond acceptors (Lipinski definition) is 3. The van der Waals surface area contributed by atoms with Crippen molar-refractivity contribution in [3.8, 4) is 0 Å². The summed E-state index contributed by atoms with van der Waals surface area (Å²) in [5, 5.41) is 5.98. The van der Waals surface area contributed by atoms with Crippen LogP contribution in [0, 0.1) is 0 Å². The Balaban J connectivity index is 1.67. The number of carbonyl (C=O) groups is 2. The third kappa shape index (κ3) is 6.07. The maximum absolute atomic E-state index is 11.9. The summed E-state index contributed by atoms with van der Waals surface area (Å²) < 4.78 is 0. The first-order chi connectivity index (χ1) is 11.6. The maximum atomic E-state index is 11.9.